The maximum absolute atomic E-state index is 5.62. The second-order valence-electron chi connectivity index (χ2n) is 5.49. The highest BCUT2D eigenvalue weighted by Gasteiger charge is 2.28. The van der Waals surface area contributed by atoms with Gasteiger partial charge in [-0.1, -0.05) is 0 Å². The Morgan fingerprint density at radius 2 is 2.33 bits per heavy atom. The average molecular weight is 291 g/mol. The molecule has 1 aliphatic rings. The first-order valence-electron chi connectivity index (χ1n) is 7.07. The third-order valence-electron chi connectivity index (χ3n) is 4.07. The molecule has 8 heteroatoms. The highest BCUT2D eigenvalue weighted by atomic mass is 16.5. The van der Waals surface area contributed by atoms with Crippen molar-refractivity contribution in [1.82, 2.24) is 24.6 Å². The Kier molecular flexibility index (Phi) is 3.75. The fourth-order valence-electron chi connectivity index (χ4n) is 2.89. The van der Waals surface area contributed by atoms with E-state index in [2.05, 4.69) is 39.4 Å². The topological polar surface area (TPSA) is 94.1 Å². The monoisotopic (exact) mass is 291 g/mol. The SMILES string of the molecule is CC1OCCC1N(C)Cc1nc(NN)c2cnn(C)c2n1. The smallest absolute Gasteiger partial charge is 0.163 e. The number of fused-ring (bicyclic) bond motifs is 1. The quantitative estimate of drug-likeness (QED) is 0.616. The van der Waals surface area contributed by atoms with Crippen molar-refractivity contribution in [3.8, 4) is 0 Å². The van der Waals surface area contributed by atoms with E-state index in [1.165, 1.54) is 0 Å². The fraction of sp³-hybridized carbons (Fsp3) is 0.615. The summed E-state index contributed by atoms with van der Waals surface area (Å²) >= 11 is 0. The van der Waals surface area contributed by atoms with Crippen molar-refractivity contribution in [2.24, 2.45) is 12.9 Å². The van der Waals surface area contributed by atoms with E-state index in [1.807, 2.05) is 7.05 Å². The first-order chi connectivity index (χ1) is 10.1. The molecule has 1 aliphatic heterocycles. The molecule has 0 amide bonds. The molecule has 0 saturated carbocycles. The van der Waals surface area contributed by atoms with Crippen LogP contribution in [-0.2, 0) is 18.3 Å². The lowest BCUT2D eigenvalue weighted by molar-refractivity contribution is 0.0806. The second kappa shape index (κ2) is 5.55. The van der Waals surface area contributed by atoms with Crippen LogP contribution >= 0.6 is 0 Å². The van der Waals surface area contributed by atoms with Gasteiger partial charge in [-0.05, 0) is 20.4 Å². The number of nitrogens with one attached hydrogen (secondary N) is 1. The van der Waals surface area contributed by atoms with E-state index < -0.39 is 0 Å². The molecular formula is C13H21N7O. The number of nitrogens with two attached hydrogens (primary N) is 1. The van der Waals surface area contributed by atoms with Crippen molar-refractivity contribution in [2.45, 2.75) is 32.0 Å². The molecule has 0 bridgehead atoms. The van der Waals surface area contributed by atoms with Crippen molar-refractivity contribution in [3.05, 3.63) is 12.0 Å². The zero-order chi connectivity index (χ0) is 15.0. The van der Waals surface area contributed by atoms with Gasteiger partial charge in [0.05, 0.1) is 24.2 Å². The van der Waals surface area contributed by atoms with Gasteiger partial charge in [-0.15, -0.1) is 0 Å². The third-order valence-corrected chi connectivity index (χ3v) is 4.07. The van der Waals surface area contributed by atoms with Gasteiger partial charge < -0.3 is 10.2 Å². The number of nitrogen functional groups attached to an aromatic ring is 1. The Labute approximate surface area is 123 Å². The lowest BCUT2D eigenvalue weighted by atomic mass is 10.1. The van der Waals surface area contributed by atoms with E-state index >= 15 is 0 Å². The van der Waals surface area contributed by atoms with E-state index in [0.717, 1.165) is 29.9 Å². The maximum Gasteiger partial charge on any atom is 0.163 e. The molecule has 3 rings (SSSR count). The molecule has 2 unspecified atom stereocenters. The molecule has 0 radical (unpaired) electrons. The summed E-state index contributed by atoms with van der Waals surface area (Å²) in [5, 5.41) is 5.02. The number of anilines is 1. The Balaban J connectivity index is 1.88. The molecule has 2 aromatic heterocycles. The zero-order valence-electron chi connectivity index (χ0n) is 12.6. The maximum atomic E-state index is 5.62. The van der Waals surface area contributed by atoms with Gasteiger partial charge in [0.1, 0.15) is 5.82 Å². The van der Waals surface area contributed by atoms with E-state index in [1.54, 1.807) is 10.9 Å². The molecule has 3 N–H and O–H groups in total. The molecule has 2 atom stereocenters. The number of hydrogen-bond acceptors (Lipinski definition) is 7. The Morgan fingerprint density at radius 1 is 1.52 bits per heavy atom. The molecule has 0 aromatic carbocycles. The van der Waals surface area contributed by atoms with Gasteiger partial charge >= 0.3 is 0 Å². The second-order valence-corrected chi connectivity index (χ2v) is 5.49. The molecule has 1 fully saturated rings. The van der Waals surface area contributed by atoms with Crippen LogP contribution in [0.5, 0.6) is 0 Å². The van der Waals surface area contributed by atoms with Gasteiger partial charge in [-0.3, -0.25) is 9.58 Å². The zero-order valence-corrected chi connectivity index (χ0v) is 12.6. The van der Waals surface area contributed by atoms with E-state index in [-0.39, 0.29) is 6.10 Å². The van der Waals surface area contributed by atoms with Gasteiger partial charge in [0.15, 0.2) is 11.5 Å². The van der Waals surface area contributed by atoms with Crippen LogP contribution in [-0.4, -0.2) is 50.4 Å². The molecule has 0 spiro atoms. The Morgan fingerprint density at radius 3 is 3.00 bits per heavy atom. The highest BCUT2D eigenvalue weighted by molar-refractivity contribution is 5.86. The number of aromatic nitrogens is 4. The molecule has 3 heterocycles. The van der Waals surface area contributed by atoms with Crippen LogP contribution in [0.1, 0.15) is 19.2 Å². The predicted octanol–water partition coefficient (Wildman–Crippen LogP) is 0.258. The van der Waals surface area contributed by atoms with Crippen LogP contribution in [0.4, 0.5) is 5.82 Å². The molecule has 21 heavy (non-hydrogen) atoms. The first-order valence-corrected chi connectivity index (χ1v) is 7.07. The summed E-state index contributed by atoms with van der Waals surface area (Å²) in [4.78, 5) is 11.3. The lowest BCUT2D eigenvalue weighted by Crippen LogP contribution is -2.36. The van der Waals surface area contributed by atoms with Crippen LogP contribution in [0.2, 0.25) is 0 Å². The minimum Gasteiger partial charge on any atom is -0.377 e. The van der Waals surface area contributed by atoms with Crippen LogP contribution in [0.25, 0.3) is 11.0 Å². The molecular weight excluding hydrogens is 270 g/mol. The number of hydrazine groups is 1. The number of hydrogen-bond donors (Lipinski definition) is 2. The molecule has 1 saturated heterocycles. The van der Waals surface area contributed by atoms with Gasteiger partial charge in [0.25, 0.3) is 0 Å². The minimum atomic E-state index is 0.238. The van der Waals surface area contributed by atoms with Crippen LogP contribution in [0, 0.1) is 0 Å². The summed E-state index contributed by atoms with van der Waals surface area (Å²) in [6.07, 6.45) is 2.99. The summed E-state index contributed by atoms with van der Waals surface area (Å²) in [6, 6.07) is 0.394. The number of aryl methyl sites for hydroxylation is 1. The average Bonchev–Trinajstić information content (AvgIpc) is 3.05. The third kappa shape index (κ3) is 2.57. The number of ether oxygens (including phenoxy) is 1. The van der Waals surface area contributed by atoms with Crippen molar-refractivity contribution in [2.75, 3.05) is 19.1 Å². The molecule has 0 aliphatic carbocycles. The normalized spacial score (nSPS) is 22.3. The van der Waals surface area contributed by atoms with Crippen molar-refractivity contribution in [3.63, 3.8) is 0 Å². The van der Waals surface area contributed by atoms with Gasteiger partial charge in [-0.2, -0.15) is 5.10 Å². The van der Waals surface area contributed by atoms with Crippen LogP contribution in [0.15, 0.2) is 6.20 Å². The first kappa shape index (κ1) is 14.2. The number of nitrogens with zero attached hydrogens (tertiary/aromatic N) is 5. The van der Waals surface area contributed by atoms with Crippen LogP contribution < -0.4 is 11.3 Å². The van der Waals surface area contributed by atoms with Crippen LogP contribution in [0.3, 0.4) is 0 Å². The van der Waals surface area contributed by atoms with E-state index in [4.69, 9.17) is 10.6 Å². The minimum absolute atomic E-state index is 0.238. The molecule has 114 valence electrons. The van der Waals surface area contributed by atoms with Crippen molar-refractivity contribution in [1.29, 1.82) is 0 Å². The number of rotatable bonds is 4. The van der Waals surface area contributed by atoms with Gasteiger partial charge in [-0.25, -0.2) is 15.8 Å². The van der Waals surface area contributed by atoms with Gasteiger partial charge in [0.2, 0.25) is 0 Å². The van der Waals surface area contributed by atoms with E-state index in [0.29, 0.717) is 18.4 Å². The summed E-state index contributed by atoms with van der Waals surface area (Å²) in [7, 11) is 3.93. The highest BCUT2D eigenvalue weighted by Crippen LogP contribution is 2.22. The Bertz CT molecular complexity index is 641. The summed E-state index contributed by atoms with van der Waals surface area (Å²) < 4.78 is 7.34. The summed E-state index contributed by atoms with van der Waals surface area (Å²) in [5.41, 5.74) is 3.40. The standard InChI is InChI=1S/C13H21N7O/c1-8-10(4-5-21-8)19(2)7-11-16-12(18-14)9-6-15-20(3)13(9)17-11/h6,8,10H,4-5,7,14H2,1-3H3,(H,16,17,18). The van der Waals surface area contributed by atoms with Crippen molar-refractivity contribution >= 4 is 16.9 Å². The lowest BCUT2D eigenvalue weighted by Gasteiger charge is -2.25. The largest absolute Gasteiger partial charge is 0.377 e. The molecule has 8 nitrogen and oxygen atoms in total. The van der Waals surface area contributed by atoms with E-state index in [9.17, 15) is 0 Å². The summed E-state index contributed by atoms with van der Waals surface area (Å²) in [5.74, 6) is 6.88. The fourth-order valence-corrected chi connectivity index (χ4v) is 2.89. The predicted molar refractivity (Wildman–Crippen MR) is 79.4 cm³/mol. The van der Waals surface area contributed by atoms with Crippen molar-refractivity contribution < 1.29 is 4.74 Å². The Hall–Kier alpha value is -1.77. The molecule has 2 aromatic rings. The summed E-state index contributed by atoms with van der Waals surface area (Å²) in [6.45, 7) is 3.56. The van der Waals surface area contributed by atoms with Gasteiger partial charge in [0, 0.05) is 19.7 Å². The number of likely N-dealkylation sites (N-methyl/N-ethyl adjacent to an activating group) is 1.